The largest absolute Gasteiger partial charge is 0.289 e. The minimum Gasteiger partial charge on any atom is -0.289 e. The van der Waals surface area contributed by atoms with E-state index in [1.165, 1.54) is 30.4 Å². The molecule has 0 unspecified atom stereocenters. The molecule has 0 spiro atoms. The summed E-state index contributed by atoms with van der Waals surface area (Å²) in [5.41, 5.74) is 3.42. The fourth-order valence-corrected chi connectivity index (χ4v) is 2.41. The van der Waals surface area contributed by atoms with E-state index in [1.807, 2.05) is 18.2 Å². The molecule has 1 fully saturated rings. The molecular weight excluding hydrogens is 220 g/mol. The van der Waals surface area contributed by atoms with Crippen LogP contribution in [0.5, 0.6) is 0 Å². The van der Waals surface area contributed by atoms with Crippen molar-refractivity contribution in [3.8, 4) is 0 Å². The lowest BCUT2D eigenvalue weighted by Crippen LogP contribution is -2.09. The van der Waals surface area contributed by atoms with Crippen LogP contribution in [0, 0.1) is 0 Å². The van der Waals surface area contributed by atoms with E-state index in [0.717, 1.165) is 18.4 Å². The van der Waals surface area contributed by atoms with Crippen molar-refractivity contribution >= 4 is 5.78 Å². The first kappa shape index (κ1) is 13.1. The summed E-state index contributed by atoms with van der Waals surface area (Å²) in [7, 11) is 0. The first-order chi connectivity index (χ1) is 8.74. The van der Waals surface area contributed by atoms with Gasteiger partial charge in [0.15, 0.2) is 5.78 Å². The van der Waals surface area contributed by atoms with E-state index >= 15 is 0 Å². The monoisotopic (exact) mass is 242 g/mol. The van der Waals surface area contributed by atoms with Gasteiger partial charge in [0, 0.05) is 5.56 Å². The highest BCUT2D eigenvalue weighted by Gasteiger charge is 2.19. The Hall–Kier alpha value is -1.37. The molecule has 0 radical (unpaired) electrons. The molecule has 0 N–H and O–H groups in total. The van der Waals surface area contributed by atoms with Gasteiger partial charge in [0.05, 0.1) is 0 Å². The van der Waals surface area contributed by atoms with Crippen LogP contribution in [-0.2, 0) is 0 Å². The summed E-state index contributed by atoms with van der Waals surface area (Å²) in [4.78, 5) is 12.2. The summed E-state index contributed by atoms with van der Waals surface area (Å²) in [5.74, 6) is 0.855. The maximum Gasteiger partial charge on any atom is 0.185 e. The van der Waals surface area contributed by atoms with Crippen LogP contribution in [0.2, 0.25) is 0 Å². The Morgan fingerprint density at radius 1 is 1.28 bits per heavy atom. The maximum atomic E-state index is 12.2. The van der Waals surface area contributed by atoms with Crippen LogP contribution in [0.3, 0.4) is 0 Å². The van der Waals surface area contributed by atoms with Crippen molar-refractivity contribution < 1.29 is 4.79 Å². The average molecular weight is 242 g/mol. The van der Waals surface area contributed by atoms with Crippen molar-refractivity contribution in [1.82, 2.24) is 0 Å². The second-order valence-electron chi connectivity index (χ2n) is 5.13. The molecule has 0 amide bonds. The highest BCUT2D eigenvalue weighted by Crippen LogP contribution is 2.36. The first-order valence-corrected chi connectivity index (χ1v) is 7.08. The zero-order valence-corrected chi connectivity index (χ0v) is 11.4. The van der Waals surface area contributed by atoms with Gasteiger partial charge in [-0.25, -0.2) is 0 Å². The normalized spacial score (nSPS) is 15.0. The molecule has 1 aliphatic rings. The van der Waals surface area contributed by atoms with E-state index in [4.69, 9.17) is 0 Å². The number of carbonyl (C=O) groups is 1. The van der Waals surface area contributed by atoms with Gasteiger partial charge in [-0.3, -0.25) is 4.79 Å². The van der Waals surface area contributed by atoms with Crippen molar-refractivity contribution in [1.29, 1.82) is 0 Å². The number of allylic oxidation sites excluding steroid dienone is 2. The highest BCUT2D eigenvalue weighted by molar-refractivity contribution is 6.05. The van der Waals surface area contributed by atoms with Crippen LogP contribution in [-0.4, -0.2) is 5.78 Å². The number of benzene rings is 1. The van der Waals surface area contributed by atoms with Crippen molar-refractivity contribution in [3.05, 3.63) is 47.0 Å². The van der Waals surface area contributed by atoms with Gasteiger partial charge in [0.2, 0.25) is 0 Å². The summed E-state index contributed by atoms with van der Waals surface area (Å²) in [6, 6.07) is 8.20. The molecule has 1 aromatic rings. The molecule has 18 heavy (non-hydrogen) atoms. The number of rotatable bonds is 5. The summed E-state index contributed by atoms with van der Waals surface area (Å²) >= 11 is 0. The van der Waals surface area contributed by atoms with Gasteiger partial charge < -0.3 is 0 Å². The van der Waals surface area contributed by atoms with Gasteiger partial charge in [-0.05, 0) is 49.3 Å². The molecule has 0 saturated heterocycles. The zero-order chi connectivity index (χ0) is 13.0. The Labute approximate surface area is 110 Å². The molecule has 1 nitrogen and oxygen atoms in total. The molecule has 0 bridgehead atoms. The van der Waals surface area contributed by atoms with Crippen molar-refractivity contribution in [2.24, 2.45) is 0 Å². The number of carbonyl (C=O) groups excluding carboxylic acids is 1. The molecule has 1 aliphatic carbocycles. The molecule has 0 atom stereocenters. The maximum absolute atomic E-state index is 12.2. The number of hydrogen-bond donors (Lipinski definition) is 0. The highest BCUT2D eigenvalue weighted by atomic mass is 16.1. The minimum atomic E-state index is 0.162. The third-order valence-corrected chi connectivity index (χ3v) is 3.99. The molecule has 0 aromatic heterocycles. The zero-order valence-electron chi connectivity index (χ0n) is 11.4. The molecule has 1 heteroatoms. The molecular formula is C17H22O. The van der Waals surface area contributed by atoms with Crippen LogP contribution in [0.4, 0.5) is 0 Å². The Bertz CT molecular complexity index is 446. The molecule has 0 aliphatic heterocycles. The van der Waals surface area contributed by atoms with Gasteiger partial charge in [0.25, 0.3) is 0 Å². The van der Waals surface area contributed by atoms with Gasteiger partial charge >= 0.3 is 0 Å². The van der Waals surface area contributed by atoms with E-state index in [9.17, 15) is 4.79 Å². The number of hydrogen-bond acceptors (Lipinski definition) is 1. The average Bonchev–Trinajstić information content (AvgIpc) is 2.34. The Morgan fingerprint density at radius 2 is 2.00 bits per heavy atom. The Kier molecular flexibility index (Phi) is 4.35. The summed E-state index contributed by atoms with van der Waals surface area (Å²) in [6.07, 6.45) is 7.64. The van der Waals surface area contributed by atoms with Crippen molar-refractivity contribution in [2.75, 3.05) is 0 Å². The van der Waals surface area contributed by atoms with E-state index in [1.54, 1.807) is 0 Å². The fraction of sp³-hybridized carbons (Fsp3) is 0.471. The molecule has 96 valence electrons. The van der Waals surface area contributed by atoms with Gasteiger partial charge in [0.1, 0.15) is 0 Å². The van der Waals surface area contributed by atoms with Crippen LogP contribution in [0.1, 0.15) is 67.8 Å². The van der Waals surface area contributed by atoms with E-state index in [0.29, 0.717) is 5.92 Å². The van der Waals surface area contributed by atoms with E-state index in [2.05, 4.69) is 26.0 Å². The van der Waals surface area contributed by atoms with Gasteiger partial charge in [-0.15, -0.1) is 0 Å². The predicted molar refractivity (Wildman–Crippen MR) is 76.0 cm³/mol. The van der Waals surface area contributed by atoms with Gasteiger partial charge in [-0.1, -0.05) is 44.0 Å². The fourth-order valence-electron chi connectivity index (χ4n) is 2.41. The van der Waals surface area contributed by atoms with E-state index in [-0.39, 0.29) is 5.78 Å². The van der Waals surface area contributed by atoms with Crippen molar-refractivity contribution in [3.63, 3.8) is 0 Å². The smallest absolute Gasteiger partial charge is 0.185 e. The molecule has 1 aromatic carbocycles. The topological polar surface area (TPSA) is 17.1 Å². The Balaban J connectivity index is 2.17. The SMILES string of the molecule is CCC(=CC(=O)c1cccc(C2CCC2)c1)CC. The lowest BCUT2D eigenvalue weighted by atomic mass is 9.79. The molecule has 1 saturated carbocycles. The molecule has 2 rings (SSSR count). The van der Waals surface area contributed by atoms with E-state index < -0.39 is 0 Å². The summed E-state index contributed by atoms with van der Waals surface area (Å²) < 4.78 is 0. The Morgan fingerprint density at radius 3 is 2.56 bits per heavy atom. The summed E-state index contributed by atoms with van der Waals surface area (Å²) in [5, 5.41) is 0. The summed E-state index contributed by atoms with van der Waals surface area (Å²) in [6.45, 7) is 4.21. The lowest BCUT2D eigenvalue weighted by molar-refractivity contribution is 0.104. The third kappa shape index (κ3) is 2.90. The van der Waals surface area contributed by atoms with Crippen LogP contribution in [0.25, 0.3) is 0 Å². The second kappa shape index (κ2) is 5.99. The standard InChI is InChI=1S/C17H22O/c1-3-13(4-2)11-17(18)16-10-6-9-15(12-16)14-7-5-8-14/h6,9-12,14H,3-5,7-8H2,1-2H3. The van der Waals surface area contributed by atoms with Crippen LogP contribution >= 0.6 is 0 Å². The van der Waals surface area contributed by atoms with Crippen LogP contribution in [0.15, 0.2) is 35.9 Å². The minimum absolute atomic E-state index is 0.162. The second-order valence-corrected chi connectivity index (χ2v) is 5.13. The third-order valence-electron chi connectivity index (χ3n) is 3.99. The van der Waals surface area contributed by atoms with Crippen molar-refractivity contribution in [2.45, 2.75) is 51.9 Å². The van der Waals surface area contributed by atoms with Crippen LogP contribution < -0.4 is 0 Å². The first-order valence-electron chi connectivity index (χ1n) is 7.08. The predicted octanol–water partition coefficient (Wildman–Crippen LogP) is 4.88. The lowest BCUT2D eigenvalue weighted by Gasteiger charge is -2.25. The molecule has 0 heterocycles. The quantitative estimate of drug-likeness (QED) is 0.531. The van der Waals surface area contributed by atoms with Gasteiger partial charge in [-0.2, -0.15) is 0 Å². The number of ketones is 1.